The first-order valence-corrected chi connectivity index (χ1v) is 26.1. The van der Waals surface area contributed by atoms with Gasteiger partial charge in [-0.25, -0.2) is 9.97 Å². The molecule has 6 nitrogen and oxygen atoms in total. The van der Waals surface area contributed by atoms with E-state index in [9.17, 15) is 26.3 Å². The number of halogens is 6. The molecule has 2 heterocycles. The number of benzene rings is 8. The molecule has 0 saturated heterocycles. The summed E-state index contributed by atoms with van der Waals surface area (Å²) in [6.07, 6.45) is -8.94. The van der Waals surface area contributed by atoms with Crippen molar-refractivity contribution in [3.63, 3.8) is 0 Å². The molecule has 0 bridgehead atoms. The Balaban J connectivity index is 0.000000195. The number of alkyl halides is 6. The van der Waals surface area contributed by atoms with E-state index in [1.165, 1.54) is 63.2 Å². The predicted octanol–water partition coefficient (Wildman–Crippen LogP) is 19.9. The van der Waals surface area contributed by atoms with Gasteiger partial charge in [-0.15, -0.1) is 0 Å². The normalized spacial score (nSPS) is 11.4. The van der Waals surface area contributed by atoms with E-state index in [0.29, 0.717) is 28.7 Å². The molecular weight excluding hydrogens is 1010 g/mol. The summed E-state index contributed by atoms with van der Waals surface area (Å²) in [7, 11) is 3.75. The van der Waals surface area contributed by atoms with Gasteiger partial charge < -0.3 is 9.80 Å². The van der Waals surface area contributed by atoms with Gasteiger partial charge in [0.1, 0.15) is 23.3 Å². The van der Waals surface area contributed by atoms with Crippen LogP contribution in [0, 0.1) is 41.5 Å². The molecule has 10 rings (SSSR count). The Morgan fingerprint density at radius 1 is 0.287 bits per heavy atom. The van der Waals surface area contributed by atoms with Gasteiger partial charge >= 0.3 is 12.4 Å². The smallest absolute Gasteiger partial charge is 0.329 e. The summed E-state index contributed by atoms with van der Waals surface area (Å²) >= 11 is 0. The van der Waals surface area contributed by atoms with Crippen molar-refractivity contribution < 1.29 is 26.3 Å². The predicted molar refractivity (Wildman–Crippen MR) is 316 cm³/mol. The monoisotopic (exact) mass is 1070 g/mol. The van der Waals surface area contributed by atoms with Crippen LogP contribution in [0.25, 0.3) is 22.3 Å². The molecule has 0 spiro atoms. The van der Waals surface area contributed by atoms with Crippen molar-refractivity contribution in [2.24, 2.45) is 0 Å². The Kier molecular flexibility index (Phi) is 16.3. The number of nitrogens with zero attached hydrogens (tertiary/aromatic N) is 6. The zero-order valence-electron chi connectivity index (χ0n) is 45.7. The number of hydrogen-bond acceptors (Lipinski definition) is 6. The number of anilines is 10. The average Bonchev–Trinajstić information content (AvgIpc) is 3.45. The third kappa shape index (κ3) is 12.9. The minimum atomic E-state index is -4.48. The van der Waals surface area contributed by atoms with E-state index < -0.39 is 23.5 Å². The van der Waals surface area contributed by atoms with E-state index in [-0.39, 0.29) is 0 Å². The second kappa shape index (κ2) is 23.4. The van der Waals surface area contributed by atoms with E-state index in [4.69, 9.17) is 9.97 Å². The van der Waals surface area contributed by atoms with Gasteiger partial charge in [0.2, 0.25) is 0 Å². The van der Waals surface area contributed by atoms with Crippen LogP contribution in [0.3, 0.4) is 0 Å². The van der Waals surface area contributed by atoms with Crippen LogP contribution < -0.4 is 19.6 Å². The number of rotatable bonds is 12. The topological polar surface area (TPSA) is 38.7 Å². The third-order valence-electron chi connectivity index (χ3n) is 14.3. The van der Waals surface area contributed by atoms with E-state index >= 15 is 0 Å². The maximum atomic E-state index is 13.3. The molecule has 0 radical (unpaired) electrons. The van der Waals surface area contributed by atoms with Gasteiger partial charge in [-0.3, -0.25) is 9.80 Å². The molecule has 0 aliphatic heterocycles. The minimum Gasteiger partial charge on any atom is -0.329 e. The van der Waals surface area contributed by atoms with E-state index in [1.807, 2.05) is 55.5 Å². The average molecular weight is 1080 g/mol. The van der Waals surface area contributed by atoms with Crippen molar-refractivity contribution in [1.29, 1.82) is 0 Å². The van der Waals surface area contributed by atoms with Gasteiger partial charge in [-0.2, -0.15) is 26.3 Å². The zero-order valence-corrected chi connectivity index (χ0v) is 45.7. The molecule has 80 heavy (non-hydrogen) atoms. The maximum absolute atomic E-state index is 13.3. The Morgan fingerprint density at radius 3 is 0.950 bits per heavy atom. The largest absolute Gasteiger partial charge is 0.416 e. The zero-order chi connectivity index (χ0) is 56.9. The van der Waals surface area contributed by atoms with Gasteiger partial charge in [-0.1, -0.05) is 108 Å². The number of pyridine rings is 2. The number of hydrogen-bond donors (Lipinski definition) is 0. The summed E-state index contributed by atoms with van der Waals surface area (Å²) in [5.41, 5.74) is 15.3. The standard InChI is InChI=1S/C35H35N3.C33H25F6N3/c1-24-10-14-29(15-11-24)30-16-20-31(21-17-30)38(33-19-13-26(3)28(5)23-33)35-9-7-8-34(36-35)37(6)32-18-12-25(2)27(4)22-32;1-22-6-8-23(9-7-22)24-10-16-28(17-11-24)42(29-20-14-26(15-21-29)33(37,38)39)31-5-3-4-30(40-31)41(2)27-18-12-25(13-19-27)32(34,35)36/h7-23H,1-6H3;3-21H,1-2H3. The molecular formula is C68H60F6N6. The fourth-order valence-electron chi connectivity index (χ4n) is 9.11. The lowest BCUT2D eigenvalue weighted by molar-refractivity contribution is -0.138. The summed E-state index contributed by atoms with van der Waals surface area (Å²) < 4.78 is 79.0. The van der Waals surface area contributed by atoms with Gasteiger partial charge in [0.05, 0.1) is 11.1 Å². The van der Waals surface area contributed by atoms with Crippen LogP contribution in [0.2, 0.25) is 0 Å². The van der Waals surface area contributed by atoms with Crippen LogP contribution >= 0.6 is 0 Å². The van der Waals surface area contributed by atoms with Gasteiger partial charge in [-0.05, 0) is 207 Å². The molecule has 0 saturated carbocycles. The highest BCUT2D eigenvalue weighted by atomic mass is 19.4. The molecule has 0 atom stereocenters. The van der Waals surface area contributed by atoms with Crippen LogP contribution in [-0.2, 0) is 12.4 Å². The summed E-state index contributed by atoms with van der Waals surface area (Å²) in [4.78, 5) is 17.6. The molecule has 0 amide bonds. The SMILES string of the molecule is Cc1ccc(-c2ccc(N(c3ccc(C(F)(F)F)cc3)c3cccc(N(C)c4ccc(C(F)(F)F)cc4)n3)cc2)cc1.Cc1ccc(-c2ccc(N(c3ccc(C)c(C)c3)c3cccc(N(C)c4ccc(C)c(C)c4)n3)cc2)cc1. The Morgan fingerprint density at radius 2 is 0.575 bits per heavy atom. The molecule has 404 valence electrons. The van der Waals surface area contributed by atoms with E-state index in [1.54, 1.807) is 35.0 Å². The molecule has 10 aromatic rings. The quantitative estimate of drug-likeness (QED) is 0.114. The molecule has 0 N–H and O–H groups in total. The third-order valence-corrected chi connectivity index (χ3v) is 14.3. The van der Waals surface area contributed by atoms with Crippen LogP contribution in [0.15, 0.2) is 218 Å². The second-order valence-electron chi connectivity index (χ2n) is 19.9. The highest BCUT2D eigenvalue weighted by molar-refractivity contribution is 5.80. The van der Waals surface area contributed by atoms with Crippen molar-refractivity contribution in [3.05, 3.63) is 263 Å². The maximum Gasteiger partial charge on any atom is 0.416 e. The molecule has 0 fully saturated rings. The second-order valence-corrected chi connectivity index (χ2v) is 19.9. The summed E-state index contributed by atoms with van der Waals surface area (Å²) in [5.74, 6) is 2.62. The Bertz CT molecular complexity index is 3710. The number of aromatic nitrogens is 2. The summed E-state index contributed by atoms with van der Waals surface area (Å²) in [6, 6.07) is 67.1. The lowest BCUT2D eigenvalue weighted by atomic mass is 10.0. The van der Waals surface area contributed by atoms with Gasteiger partial charge in [0.25, 0.3) is 0 Å². The van der Waals surface area contributed by atoms with Crippen molar-refractivity contribution in [1.82, 2.24) is 9.97 Å². The van der Waals surface area contributed by atoms with E-state index in [0.717, 1.165) is 69.7 Å². The molecule has 0 aliphatic rings. The number of aryl methyl sites for hydroxylation is 6. The van der Waals surface area contributed by atoms with Gasteiger partial charge in [0, 0.05) is 48.2 Å². The lowest BCUT2D eigenvalue weighted by Gasteiger charge is -2.27. The molecule has 2 aromatic heterocycles. The first-order valence-electron chi connectivity index (χ1n) is 26.1. The Hall–Kier alpha value is -9.16. The molecule has 0 aliphatic carbocycles. The van der Waals surface area contributed by atoms with Gasteiger partial charge in [0.15, 0.2) is 0 Å². The fraction of sp³-hybridized carbons (Fsp3) is 0.147. The minimum absolute atomic E-state index is 0.411. The van der Waals surface area contributed by atoms with Crippen LogP contribution in [0.4, 0.5) is 83.7 Å². The van der Waals surface area contributed by atoms with Crippen LogP contribution in [0.5, 0.6) is 0 Å². The highest BCUT2D eigenvalue weighted by Crippen LogP contribution is 2.40. The van der Waals surface area contributed by atoms with Crippen molar-refractivity contribution in [3.8, 4) is 22.3 Å². The van der Waals surface area contributed by atoms with Crippen LogP contribution in [0.1, 0.15) is 44.5 Å². The highest BCUT2D eigenvalue weighted by Gasteiger charge is 2.31. The summed E-state index contributed by atoms with van der Waals surface area (Å²) in [5, 5.41) is 0. The fourth-order valence-corrected chi connectivity index (χ4v) is 9.11. The van der Waals surface area contributed by atoms with Crippen molar-refractivity contribution in [2.75, 3.05) is 33.7 Å². The lowest BCUT2D eigenvalue weighted by Crippen LogP contribution is -2.16. The summed E-state index contributed by atoms with van der Waals surface area (Å²) in [6.45, 7) is 12.7. The first-order chi connectivity index (χ1) is 38.2. The van der Waals surface area contributed by atoms with Crippen molar-refractivity contribution >= 4 is 57.4 Å². The molecule has 8 aromatic carbocycles. The van der Waals surface area contributed by atoms with Crippen molar-refractivity contribution in [2.45, 2.75) is 53.9 Å². The molecule has 12 heteroatoms. The first kappa shape index (κ1) is 55.6. The van der Waals surface area contributed by atoms with Crippen LogP contribution in [-0.4, -0.2) is 24.1 Å². The Labute approximate surface area is 464 Å². The molecule has 0 unspecified atom stereocenters. The van der Waals surface area contributed by atoms with E-state index in [2.05, 4.69) is 155 Å².